The molecule has 1 aliphatic heterocycles. The molecule has 0 unspecified atom stereocenters. The Morgan fingerprint density at radius 1 is 1.57 bits per heavy atom. The lowest BCUT2D eigenvalue weighted by Gasteiger charge is -1.98. The summed E-state index contributed by atoms with van der Waals surface area (Å²) in [6.07, 6.45) is 1.95. The average molecular weight is 340 g/mol. The molecule has 120 valence electrons. The van der Waals surface area contributed by atoms with Gasteiger partial charge in [-0.15, -0.1) is 5.10 Å². The Hall–Kier alpha value is -3.22. The Labute approximate surface area is 131 Å². The molecule has 2 amide bonds. The van der Waals surface area contributed by atoms with E-state index in [1.165, 1.54) is 0 Å². The molecule has 1 saturated heterocycles. The minimum absolute atomic E-state index is 0.0170. The Balaban J connectivity index is 2.07. The largest absolute Gasteiger partial charge is 0.466 e. The predicted molar refractivity (Wildman–Crippen MR) is 76.0 cm³/mol. The molecule has 1 aromatic heterocycles. The van der Waals surface area contributed by atoms with Crippen molar-refractivity contribution in [3.8, 4) is 0 Å². The monoisotopic (exact) mass is 340 g/mol. The molecule has 1 aromatic rings. The van der Waals surface area contributed by atoms with Gasteiger partial charge in [0.1, 0.15) is 0 Å². The second-order valence-corrected chi connectivity index (χ2v) is 4.83. The maximum Gasteiger partial charge on any atom is 0.353 e. The molecule has 0 aliphatic carbocycles. The third-order valence-electron chi connectivity index (χ3n) is 2.38. The zero-order valence-electron chi connectivity index (χ0n) is 11.4. The number of aromatic nitrogens is 2. The van der Waals surface area contributed by atoms with E-state index in [1.54, 1.807) is 0 Å². The number of amidine groups is 1. The van der Waals surface area contributed by atoms with Crippen molar-refractivity contribution >= 4 is 40.5 Å². The highest BCUT2D eigenvalue weighted by atomic mass is 32.2. The summed E-state index contributed by atoms with van der Waals surface area (Å²) in [6.45, 7) is 0. The third-order valence-corrected chi connectivity index (χ3v) is 3.29. The summed E-state index contributed by atoms with van der Waals surface area (Å²) in [5.74, 6) is -2.85. The van der Waals surface area contributed by atoms with Crippen LogP contribution >= 0.6 is 11.8 Å². The van der Waals surface area contributed by atoms with Gasteiger partial charge < -0.3 is 14.9 Å². The molecule has 2 rings (SSSR count). The normalized spacial score (nSPS) is 17.2. The van der Waals surface area contributed by atoms with Crippen molar-refractivity contribution in [2.75, 3.05) is 7.11 Å². The van der Waals surface area contributed by atoms with Crippen LogP contribution in [-0.4, -0.2) is 45.0 Å². The molecule has 0 saturated carbocycles. The highest BCUT2D eigenvalue weighted by molar-refractivity contribution is 8.18. The van der Waals surface area contributed by atoms with Gasteiger partial charge in [-0.1, -0.05) is 0 Å². The summed E-state index contributed by atoms with van der Waals surface area (Å²) in [5, 5.41) is 16.5. The van der Waals surface area contributed by atoms with Gasteiger partial charge in [-0.05, 0) is 16.7 Å². The number of hydrazone groups is 1. The summed E-state index contributed by atoms with van der Waals surface area (Å²) >= 11 is 0.785. The Morgan fingerprint density at radius 3 is 2.96 bits per heavy atom. The number of imidazole rings is 1. The van der Waals surface area contributed by atoms with Crippen molar-refractivity contribution in [1.29, 1.82) is 0 Å². The maximum absolute atomic E-state index is 11.8. The van der Waals surface area contributed by atoms with Gasteiger partial charge in [0, 0.05) is 6.08 Å². The topological polar surface area (TPSA) is 169 Å². The van der Waals surface area contributed by atoms with E-state index in [0.29, 0.717) is 0 Å². The number of aromatic amines is 1. The first kappa shape index (κ1) is 16.2. The lowest BCUT2D eigenvalue weighted by molar-refractivity contribution is -0.389. The average Bonchev–Trinajstić information content (AvgIpc) is 3.12. The van der Waals surface area contributed by atoms with Gasteiger partial charge in [0.15, 0.2) is 11.5 Å². The lowest BCUT2D eigenvalue weighted by Crippen LogP contribution is -2.25. The molecular weight excluding hydrogens is 332 g/mol. The number of hydrogen-bond acceptors (Lipinski definition) is 9. The van der Waals surface area contributed by atoms with E-state index in [1.807, 2.05) is 5.43 Å². The minimum atomic E-state index is -0.939. The van der Waals surface area contributed by atoms with Crippen LogP contribution in [0.1, 0.15) is 10.5 Å². The number of H-pyrrole nitrogens is 1. The molecule has 23 heavy (non-hydrogen) atoms. The van der Waals surface area contributed by atoms with Crippen molar-refractivity contribution in [1.82, 2.24) is 20.7 Å². The molecule has 0 radical (unpaired) electrons. The number of esters is 1. The van der Waals surface area contributed by atoms with E-state index in [2.05, 4.69) is 25.1 Å². The Kier molecular flexibility index (Phi) is 4.70. The van der Waals surface area contributed by atoms with E-state index >= 15 is 0 Å². The summed E-state index contributed by atoms with van der Waals surface area (Å²) in [6, 6.07) is 0. The standard InChI is InChI=1S/C10H8N6O6S/c1-22-5(17)2-4-8(18)13-10(23-4)15-14-9(19)6-7(16(20)21)12-3-11-6/h2-3H,1H3,(H,11,12)(H,14,19)(H,13,15,18)/b4-2-. The number of rotatable bonds is 4. The number of nitrogens with one attached hydrogen (secondary N) is 3. The number of thioether (sulfide) groups is 1. The zero-order valence-corrected chi connectivity index (χ0v) is 12.2. The van der Waals surface area contributed by atoms with Crippen LogP contribution in [0, 0.1) is 10.1 Å². The van der Waals surface area contributed by atoms with Crippen LogP contribution < -0.4 is 10.7 Å². The van der Waals surface area contributed by atoms with Gasteiger partial charge in [0.2, 0.25) is 5.69 Å². The first-order chi connectivity index (χ1) is 10.9. The minimum Gasteiger partial charge on any atom is -0.466 e. The fraction of sp³-hybridized carbons (Fsp3) is 0.100. The molecule has 0 spiro atoms. The molecule has 1 fully saturated rings. The molecule has 0 aromatic carbocycles. The first-order valence-electron chi connectivity index (χ1n) is 5.77. The number of hydrogen-bond donors (Lipinski definition) is 3. The van der Waals surface area contributed by atoms with Crippen molar-refractivity contribution < 1.29 is 24.0 Å². The molecule has 13 heteroatoms. The molecule has 1 aliphatic rings. The van der Waals surface area contributed by atoms with Gasteiger partial charge in [-0.2, -0.15) is 0 Å². The zero-order chi connectivity index (χ0) is 17.0. The Morgan fingerprint density at radius 2 is 2.30 bits per heavy atom. The van der Waals surface area contributed by atoms with Crippen molar-refractivity contribution in [2.24, 2.45) is 5.10 Å². The van der Waals surface area contributed by atoms with Gasteiger partial charge >= 0.3 is 11.8 Å². The van der Waals surface area contributed by atoms with Crippen LogP contribution in [0.2, 0.25) is 0 Å². The number of carbonyl (C=O) groups excluding carboxylic acids is 3. The number of nitro groups is 1. The van der Waals surface area contributed by atoms with Crippen molar-refractivity contribution in [3.05, 3.63) is 33.1 Å². The molecule has 2 heterocycles. The quantitative estimate of drug-likeness (QED) is 0.278. The second kappa shape index (κ2) is 6.69. The highest BCUT2D eigenvalue weighted by Gasteiger charge is 2.26. The van der Waals surface area contributed by atoms with Crippen molar-refractivity contribution in [2.45, 2.75) is 0 Å². The number of methoxy groups -OCH3 is 1. The molecule has 0 bridgehead atoms. The highest BCUT2D eigenvalue weighted by Crippen LogP contribution is 2.23. The van der Waals surface area contributed by atoms with E-state index in [9.17, 15) is 24.5 Å². The summed E-state index contributed by atoms with van der Waals surface area (Å²) in [4.78, 5) is 50.0. The SMILES string of the molecule is COC(=O)/C=C1\S/C(=N/NC(=O)c2nc[nH]c2[N+](=O)[O-])NC1=O. The maximum atomic E-state index is 11.8. The van der Waals surface area contributed by atoms with E-state index in [0.717, 1.165) is 31.3 Å². The van der Waals surface area contributed by atoms with Crippen molar-refractivity contribution in [3.63, 3.8) is 0 Å². The first-order valence-corrected chi connectivity index (χ1v) is 6.58. The summed E-state index contributed by atoms with van der Waals surface area (Å²) < 4.78 is 4.38. The number of ether oxygens (including phenoxy) is 1. The third kappa shape index (κ3) is 3.70. The molecule has 3 N–H and O–H groups in total. The second-order valence-electron chi connectivity index (χ2n) is 3.80. The summed E-state index contributed by atoms with van der Waals surface area (Å²) in [5.41, 5.74) is 1.55. The molecular formula is C10H8N6O6S. The summed E-state index contributed by atoms with van der Waals surface area (Å²) in [7, 11) is 1.16. The van der Waals surface area contributed by atoms with Crippen LogP contribution in [0.4, 0.5) is 5.82 Å². The van der Waals surface area contributed by atoms with E-state index in [-0.39, 0.29) is 10.1 Å². The van der Waals surface area contributed by atoms with Gasteiger partial charge in [0.05, 0.1) is 12.0 Å². The van der Waals surface area contributed by atoms with Gasteiger partial charge in [-0.25, -0.2) is 20.2 Å². The fourth-order valence-electron chi connectivity index (χ4n) is 1.39. The van der Waals surface area contributed by atoms with Gasteiger partial charge in [-0.3, -0.25) is 14.9 Å². The van der Waals surface area contributed by atoms with Crippen LogP contribution in [-0.2, 0) is 14.3 Å². The molecule has 0 atom stereocenters. The number of amides is 2. The fourth-order valence-corrected chi connectivity index (χ4v) is 2.14. The van der Waals surface area contributed by atoms with Crippen LogP contribution in [0.25, 0.3) is 0 Å². The van der Waals surface area contributed by atoms with Gasteiger partial charge in [0.25, 0.3) is 11.8 Å². The Bertz CT molecular complexity index is 753. The lowest BCUT2D eigenvalue weighted by atomic mass is 10.4. The number of carbonyl (C=O) groups is 3. The van der Waals surface area contributed by atoms with E-state index in [4.69, 9.17) is 0 Å². The molecule has 12 nitrogen and oxygen atoms in total. The predicted octanol–water partition coefficient (Wildman–Crippen LogP) is -0.761. The smallest absolute Gasteiger partial charge is 0.353 e. The van der Waals surface area contributed by atoms with E-state index < -0.39 is 34.2 Å². The van der Waals surface area contributed by atoms with Crippen LogP contribution in [0.5, 0.6) is 0 Å². The van der Waals surface area contributed by atoms with Crippen LogP contribution in [0.15, 0.2) is 22.4 Å². The number of nitrogens with zero attached hydrogens (tertiary/aromatic N) is 3. The van der Waals surface area contributed by atoms with Crippen LogP contribution in [0.3, 0.4) is 0 Å².